The number of methoxy groups -OCH3 is 1. The van der Waals surface area contributed by atoms with Gasteiger partial charge in [0.2, 0.25) is 5.91 Å². The average Bonchev–Trinajstić information content (AvgIpc) is 2.54. The van der Waals surface area contributed by atoms with E-state index in [4.69, 9.17) is 15.2 Å². The van der Waals surface area contributed by atoms with Gasteiger partial charge in [-0.3, -0.25) is 4.79 Å². The minimum atomic E-state index is -0.568. The van der Waals surface area contributed by atoms with E-state index in [1.165, 1.54) is 7.11 Å². The number of rotatable bonds is 3. The fraction of sp³-hybridized carbons (Fsp3) is 0.857. The first-order valence-corrected chi connectivity index (χ1v) is 7.31. The number of carbonyl (C=O) groups excluding carboxylic acids is 2. The third-order valence-corrected chi connectivity index (χ3v) is 4.53. The summed E-state index contributed by atoms with van der Waals surface area (Å²) in [6, 6.07) is -0.451. The van der Waals surface area contributed by atoms with Gasteiger partial charge < -0.3 is 20.1 Å². The minimum absolute atomic E-state index is 0.00148. The molecule has 1 unspecified atom stereocenters. The van der Waals surface area contributed by atoms with Crippen molar-refractivity contribution >= 4 is 11.9 Å². The van der Waals surface area contributed by atoms with Gasteiger partial charge in [-0.2, -0.15) is 0 Å². The molecule has 0 aromatic carbocycles. The van der Waals surface area contributed by atoms with Crippen LogP contribution in [0.15, 0.2) is 0 Å². The van der Waals surface area contributed by atoms with E-state index in [9.17, 15) is 9.59 Å². The summed E-state index contributed by atoms with van der Waals surface area (Å²) >= 11 is 0. The molecular formula is C14H24N2O4. The molecule has 0 saturated carbocycles. The zero-order valence-corrected chi connectivity index (χ0v) is 12.1. The Bertz CT molecular complexity index is 366. The molecule has 2 saturated heterocycles. The van der Waals surface area contributed by atoms with E-state index < -0.39 is 11.5 Å². The van der Waals surface area contributed by atoms with E-state index >= 15 is 0 Å². The Balaban J connectivity index is 2.17. The number of carbonyl (C=O) groups is 2. The molecule has 0 aliphatic carbocycles. The maximum Gasteiger partial charge on any atom is 0.328 e. The molecule has 2 aliphatic heterocycles. The maximum atomic E-state index is 12.9. The summed E-state index contributed by atoms with van der Waals surface area (Å²) in [6.45, 7) is 2.03. The first kappa shape index (κ1) is 15.3. The van der Waals surface area contributed by atoms with Crippen molar-refractivity contribution in [1.82, 2.24) is 4.90 Å². The fourth-order valence-corrected chi connectivity index (χ4v) is 3.13. The first-order valence-electron chi connectivity index (χ1n) is 7.31. The number of likely N-dealkylation sites (tertiary alicyclic amines) is 1. The number of hydrogen-bond acceptors (Lipinski definition) is 5. The highest BCUT2D eigenvalue weighted by atomic mass is 16.5. The summed E-state index contributed by atoms with van der Waals surface area (Å²) in [5, 5.41) is 0. The number of esters is 1. The van der Waals surface area contributed by atoms with Gasteiger partial charge in [-0.05, 0) is 32.1 Å². The lowest BCUT2D eigenvalue weighted by atomic mass is 9.78. The number of ether oxygens (including phenoxy) is 2. The topological polar surface area (TPSA) is 81.9 Å². The molecule has 1 atom stereocenters. The molecule has 0 bridgehead atoms. The van der Waals surface area contributed by atoms with Crippen LogP contribution < -0.4 is 5.73 Å². The van der Waals surface area contributed by atoms with Crippen LogP contribution >= 0.6 is 0 Å². The third kappa shape index (κ3) is 2.81. The average molecular weight is 284 g/mol. The Morgan fingerprint density at radius 3 is 2.65 bits per heavy atom. The van der Waals surface area contributed by atoms with Crippen molar-refractivity contribution in [3.05, 3.63) is 0 Å². The number of hydrogen-bond donors (Lipinski definition) is 1. The van der Waals surface area contributed by atoms with Gasteiger partial charge in [0.15, 0.2) is 0 Å². The minimum Gasteiger partial charge on any atom is -0.467 e. The summed E-state index contributed by atoms with van der Waals surface area (Å²) < 4.78 is 10.2. The maximum absolute atomic E-state index is 12.9. The summed E-state index contributed by atoms with van der Waals surface area (Å²) in [5.41, 5.74) is 5.31. The van der Waals surface area contributed by atoms with Crippen molar-refractivity contribution in [2.75, 3.05) is 33.4 Å². The van der Waals surface area contributed by atoms with Crippen molar-refractivity contribution in [3.8, 4) is 0 Å². The van der Waals surface area contributed by atoms with E-state index in [0.717, 1.165) is 12.8 Å². The van der Waals surface area contributed by atoms with E-state index in [2.05, 4.69) is 0 Å². The van der Waals surface area contributed by atoms with Crippen LogP contribution in [0.5, 0.6) is 0 Å². The van der Waals surface area contributed by atoms with E-state index in [-0.39, 0.29) is 11.9 Å². The summed E-state index contributed by atoms with van der Waals surface area (Å²) in [5.74, 6) is -0.323. The largest absolute Gasteiger partial charge is 0.467 e. The normalized spacial score (nSPS) is 26.1. The quantitative estimate of drug-likeness (QED) is 0.754. The molecule has 2 aliphatic rings. The predicted molar refractivity (Wildman–Crippen MR) is 72.9 cm³/mol. The molecular weight excluding hydrogens is 260 g/mol. The second-order valence-electron chi connectivity index (χ2n) is 5.63. The van der Waals surface area contributed by atoms with Gasteiger partial charge in [-0.25, -0.2) is 4.79 Å². The molecule has 2 fully saturated rings. The summed E-state index contributed by atoms with van der Waals surface area (Å²) in [7, 11) is 1.37. The Morgan fingerprint density at radius 2 is 2.05 bits per heavy atom. The number of piperidine rings is 1. The monoisotopic (exact) mass is 284 g/mol. The number of nitrogens with zero attached hydrogens (tertiary/aromatic N) is 1. The number of nitrogens with two attached hydrogens (primary N) is 1. The van der Waals surface area contributed by atoms with E-state index in [0.29, 0.717) is 45.6 Å². The standard InChI is InChI=1S/C14H24N2O4/c1-19-12(17)11-4-2-3-7-16(11)13(18)14(10-15)5-8-20-9-6-14/h11H,2-10,15H2,1H3. The molecule has 0 radical (unpaired) electrons. The van der Waals surface area contributed by atoms with Gasteiger partial charge >= 0.3 is 5.97 Å². The molecule has 20 heavy (non-hydrogen) atoms. The van der Waals surface area contributed by atoms with Crippen molar-refractivity contribution in [2.45, 2.75) is 38.1 Å². The lowest BCUT2D eigenvalue weighted by Gasteiger charge is -2.42. The molecule has 6 heteroatoms. The molecule has 0 aromatic rings. The van der Waals surface area contributed by atoms with Crippen LogP contribution in [-0.2, 0) is 19.1 Å². The van der Waals surface area contributed by atoms with Crippen molar-refractivity contribution < 1.29 is 19.1 Å². The van der Waals surface area contributed by atoms with Gasteiger partial charge in [-0.15, -0.1) is 0 Å². The van der Waals surface area contributed by atoms with Crippen LogP contribution in [-0.4, -0.2) is 56.2 Å². The molecule has 0 spiro atoms. The first-order chi connectivity index (χ1) is 9.64. The second kappa shape index (κ2) is 6.54. The molecule has 2 rings (SSSR count). The predicted octanol–water partition coefficient (Wildman–Crippen LogP) is 0.296. The molecule has 114 valence electrons. The van der Waals surface area contributed by atoms with Crippen LogP contribution in [0.2, 0.25) is 0 Å². The Labute approximate surface area is 119 Å². The van der Waals surface area contributed by atoms with Crippen LogP contribution in [0.3, 0.4) is 0 Å². The van der Waals surface area contributed by atoms with Crippen molar-refractivity contribution in [2.24, 2.45) is 11.1 Å². The smallest absolute Gasteiger partial charge is 0.328 e. The highest BCUT2D eigenvalue weighted by molar-refractivity contribution is 5.88. The Kier molecular flexibility index (Phi) is 4.99. The van der Waals surface area contributed by atoms with Crippen molar-refractivity contribution in [1.29, 1.82) is 0 Å². The molecule has 6 nitrogen and oxygen atoms in total. The highest BCUT2D eigenvalue weighted by Crippen LogP contribution is 2.34. The van der Waals surface area contributed by atoms with Crippen LogP contribution in [0.4, 0.5) is 0 Å². The Morgan fingerprint density at radius 1 is 1.35 bits per heavy atom. The molecule has 0 aromatic heterocycles. The zero-order chi connectivity index (χ0) is 14.6. The molecule has 2 heterocycles. The van der Waals surface area contributed by atoms with Gasteiger partial charge in [-0.1, -0.05) is 0 Å². The van der Waals surface area contributed by atoms with Gasteiger partial charge in [0.05, 0.1) is 12.5 Å². The summed E-state index contributed by atoms with van der Waals surface area (Å²) in [4.78, 5) is 26.5. The Hall–Kier alpha value is -1.14. The SMILES string of the molecule is COC(=O)C1CCCCN1C(=O)C1(CN)CCOCC1. The highest BCUT2D eigenvalue weighted by Gasteiger charge is 2.45. The van der Waals surface area contributed by atoms with Gasteiger partial charge in [0.1, 0.15) is 6.04 Å². The van der Waals surface area contributed by atoms with Crippen LogP contribution in [0.1, 0.15) is 32.1 Å². The van der Waals surface area contributed by atoms with Gasteiger partial charge in [0.25, 0.3) is 0 Å². The lowest BCUT2D eigenvalue weighted by molar-refractivity contribution is -0.162. The number of amides is 1. The van der Waals surface area contributed by atoms with Crippen LogP contribution in [0.25, 0.3) is 0 Å². The van der Waals surface area contributed by atoms with E-state index in [1.807, 2.05) is 0 Å². The molecule has 2 N–H and O–H groups in total. The fourth-order valence-electron chi connectivity index (χ4n) is 3.13. The van der Waals surface area contributed by atoms with Gasteiger partial charge in [0, 0.05) is 26.3 Å². The molecule has 1 amide bonds. The van der Waals surface area contributed by atoms with Crippen molar-refractivity contribution in [3.63, 3.8) is 0 Å². The second-order valence-corrected chi connectivity index (χ2v) is 5.63. The van der Waals surface area contributed by atoms with E-state index in [1.54, 1.807) is 4.90 Å². The summed E-state index contributed by atoms with van der Waals surface area (Å²) in [6.07, 6.45) is 3.81. The van der Waals surface area contributed by atoms with Crippen LogP contribution in [0, 0.1) is 5.41 Å². The third-order valence-electron chi connectivity index (χ3n) is 4.53. The zero-order valence-electron chi connectivity index (χ0n) is 12.1. The lowest BCUT2D eigenvalue weighted by Crippen LogP contribution is -2.57.